The molecule has 17 heavy (non-hydrogen) atoms. The molecule has 2 N–H and O–H groups in total. The van der Waals surface area contributed by atoms with Gasteiger partial charge in [-0.2, -0.15) is 0 Å². The van der Waals surface area contributed by atoms with Crippen molar-refractivity contribution in [3.8, 4) is 0 Å². The summed E-state index contributed by atoms with van der Waals surface area (Å²) in [7, 11) is 0. The Morgan fingerprint density at radius 2 is 1.94 bits per heavy atom. The Bertz CT molecular complexity index is 301. The quantitative estimate of drug-likeness (QED) is 0.740. The van der Waals surface area contributed by atoms with Gasteiger partial charge in [0, 0.05) is 19.1 Å². The van der Waals surface area contributed by atoms with Gasteiger partial charge in [-0.1, -0.05) is 0 Å². The second-order valence-corrected chi connectivity index (χ2v) is 6.78. The first-order valence-corrected chi connectivity index (χ1v) is 7.46. The Hall–Kier alpha value is -0.120. The van der Waals surface area contributed by atoms with Gasteiger partial charge in [0.2, 0.25) is 0 Å². The van der Waals surface area contributed by atoms with Crippen LogP contribution in [0.15, 0.2) is 0 Å². The van der Waals surface area contributed by atoms with Gasteiger partial charge in [0.15, 0.2) is 0 Å². The molecular weight excluding hydrogens is 212 g/mol. The number of nitrogens with zero attached hydrogens (tertiary/aromatic N) is 1. The summed E-state index contributed by atoms with van der Waals surface area (Å²) in [5.41, 5.74) is 0. The molecule has 4 aliphatic rings. The van der Waals surface area contributed by atoms with Crippen molar-refractivity contribution in [2.24, 2.45) is 23.7 Å². The van der Waals surface area contributed by atoms with E-state index in [0.717, 1.165) is 17.8 Å². The van der Waals surface area contributed by atoms with Crippen LogP contribution in [0.5, 0.6) is 0 Å². The number of aliphatic hydroxyl groups excluding tert-OH is 1. The van der Waals surface area contributed by atoms with Gasteiger partial charge in [-0.15, -0.1) is 0 Å². The Balaban J connectivity index is 1.45. The lowest BCUT2D eigenvalue weighted by Crippen LogP contribution is -2.44. The van der Waals surface area contributed by atoms with E-state index in [-0.39, 0.29) is 6.10 Å². The van der Waals surface area contributed by atoms with Crippen molar-refractivity contribution in [2.45, 2.75) is 37.8 Å². The summed E-state index contributed by atoms with van der Waals surface area (Å²) in [6.07, 6.45) is 5.29. The number of likely N-dealkylation sites (tertiary alicyclic amines) is 1. The molecule has 2 aliphatic carbocycles. The minimum atomic E-state index is 0.000431. The highest BCUT2D eigenvalue weighted by atomic mass is 16.3. The lowest BCUT2D eigenvalue weighted by atomic mass is 9.88. The molecule has 0 aromatic rings. The molecule has 4 fully saturated rings. The third-order valence-corrected chi connectivity index (χ3v) is 5.90. The first-order valence-electron chi connectivity index (χ1n) is 7.46. The van der Waals surface area contributed by atoms with E-state index in [1.54, 1.807) is 0 Å². The molecule has 0 spiro atoms. The lowest BCUT2D eigenvalue weighted by Gasteiger charge is -2.33. The van der Waals surface area contributed by atoms with Crippen LogP contribution in [-0.2, 0) is 0 Å². The highest BCUT2D eigenvalue weighted by Gasteiger charge is 2.58. The van der Waals surface area contributed by atoms with Gasteiger partial charge < -0.3 is 10.4 Å². The largest absolute Gasteiger partial charge is 0.391 e. The van der Waals surface area contributed by atoms with Crippen molar-refractivity contribution in [1.82, 2.24) is 10.2 Å². The second kappa shape index (κ2) is 3.94. The highest BCUT2D eigenvalue weighted by molar-refractivity contribution is 5.10. The first kappa shape index (κ1) is 10.8. The summed E-state index contributed by atoms with van der Waals surface area (Å²) in [5.74, 6) is 3.29. The van der Waals surface area contributed by atoms with E-state index in [9.17, 15) is 5.11 Å². The Labute approximate surface area is 104 Å². The van der Waals surface area contributed by atoms with Crippen LogP contribution in [0.25, 0.3) is 0 Å². The van der Waals surface area contributed by atoms with Gasteiger partial charge in [-0.25, -0.2) is 0 Å². The molecule has 3 heteroatoms. The minimum absolute atomic E-state index is 0.000431. The van der Waals surface area contributed by atoms with Crippen LogP contribution >= 0.6 is 0 Å². The van der Waals surface area contributed by atoms with E-state index in [0.29, 0.717) is 12.0 Å². The predicted molar refractivity (Wildman–Crippen MR) is 66.7 cm³/mol. The van der Waals surface area contributed by atoms with E-state index in [4.69, 9.17) is 0 Å². The molecule has 0 aromatic heterocycles. The average Bonchev–Trinajstić information content (AvgIpc) is 2.92. The van der Waals surface area contributed by atoms with Crippen molar-refractivity contribution in [3.63, 3.8) is 0 Å². The number of rotatable bonds is 2. The molecule has 0 aromatic carbocycles. The fourth-order valence-corrected chi connectivity index (χ4v) is 5.14. The molecule has 0 amide bonds. The molecule has 3 nitrogen and oxygen atoms in total. The van der Waals surface area contributed by atoms with Gasteiger partial charge >= 0.3 is 0 Å². The van der Waals surface area contributed by atoms with Gasteiger partial charge in [0.05, 0.1) is 6.10 Å². The summed E-state index contributed by atoms with van der Waals surface area (Å²) in [6, 6.07) is 0.536. The third-order valence-electron chi connectivity index (χ3n) is 5.90. The summed E-state index contributed by atoms with van der Waals surface area (Å²) < 4.78 is 0. The number of fused-ring (bicyclic) bond motifs is 1. The van der Waals surface area contributed by atoms with E-state index in [1.807, 2.05) is 0 Å². The molecule has 2 aliphatic heterocycles. The Morgan fingerprint density at radius 1 is 1.12 bits per heavy atom. The molecule has 2 heterocycles. The Kier molecular flexibility index (Phi) is 2.50. The van der Waals surface area contributed by atoms with Crippen LogP contribution in [0.1, 0.15) is 25.7 Å². The van der Waals surface area contributed by atoms with Gasteiger partial charge in [0.1, 0.15) is 0 Å². The van der Waals surface area contributed by atoms with E-state index in [2.05, 4.69) is 10.2 Å². The molecule has 0 radical (unpaired) electrons. The zero-order valence-corrected chi connectivity index (χ0v) is 10.5. The highest BCUT2D eigenvalue weighted by Crippen LogP contribution is 2.55. The van der Waals surface area contributed by atoms with E-state index >= 15 is 0 Å². The molecular formula is C14H24N2O. The maximum atomic E-state index is 10.4. The average molecular weight is 236 g/mol. The van der Waals surface area contributed by atoms with Crippen LogP contribution in [0.2, 0.25) is 0 Å². The van der Waals surface area contributed by atoms with Gasteiger partial charge in [0.25, 0.3) is 0 Å². The Morgan fingerprint density at radius 3 is 2.71 bits per heavy atom. The van der Waals surface area contributed by atoms with Crippen molar-refractivity contribution >= 4 is 0 Å². The van der Waals surface area contributed by atoms with Crippen molar-refractivity contribution < 1.29 is 5.11 Å². The normalized spacial score (nSPS) is 50.3. The fourth-order valence-electron chi connectivity index (χ4n) is 5.14. The summed E-state index contributed by atoms with van der Waals surface area (Å²) in [6.45, 7) is 4.93. The molecule has 2 saturated carbocycles. The first-order chi connectivity index (χ1) is 8.33. The second-order valence-electron chi connectivity index (χ2n) is 6.78. The number of aliphatic hydroxyl groups is 1. The molecule has 96 valence electrons. The zero-order chi connectivity index (χ0) is 11.4. The number of piperidine rings is 1. The maximum absolute atomic E-state index is 10.4. The van der Waals surface area contributed by atoms with Crippen LogP contribution in [0.3, 0.4) is 0 Å². The maximum Gasteiger partial charge on any atom is 0.0726 e. The minimum Gasteiger partial charge on any atom is -0.391 e. The molecule has 5 unspecified atom stereocenters. The molecule has 2 saturated heterocycles. The molecule has 5 atom stereocenters. The zero-order valence-electron chi connectivity index (χ0n) is 10.5. The summed E-state index contributed by atoms with van der Waals surface area (Å²) in [5, 5.41) is 13.8. The third kappa shape index (κ3) is 1.59. The van der Waals surface area contributed by atoms with Gasteiger partial charge in [-0.05, 0) is 62.4 Å². The van der Waals surface area contributed by atoms with E-state index < -0.39 is 0 Å². The number of hydrogen-bond acceptors (Lipinski definition) is 3. The standard InChI is InChI=1S/C14H24N2O/c17-14-10-5-11-8-16(13(14)12(11)6-10)7-9-1-3-15-4-2-9/h9-15,17H,1-8H2. The number of hydrogen-bond donors (Lipinski definition) is 2. The lowest BCUT2D eigenvalue weighted by molar-refractivity contribution is 0.0437. The van der Waals surface area contributed by atoms with Crippen LogP contribution in [0.4, 0.5) is 0 Å². The monoisotopic (exact) mass is 236 g/mol. The van der Waals surface area contributed by atoms with Crippen molar-refractivity contribution in [2.75, 3.05) is 26.2 Å². The van der Waals surface area contributed by atoms with Crippen molar-refractivity contribution in [3.05, 3.63) is 0 Å². The number of nitrogens with one attached hydrogen (secondary N) is 1. The van der Waals surface area contributed by atoms with Crippen LogP contribution < -0.4 is 5.32 Å². The molecule has 4 rings (SSSR count). The van der Waals surface area contributed by atoms with Crippen molar-refractivity contribution in [1.29, 1.82) is 0 Å². The fraction of sp³-hybridized carbons (Fsp3) is 1.00. The van der Waals surface area contributed by atoms with Gasteiger partial charge in [-0.3, -0.25) is 4.90 Å². The molecule has 2 bridgehead atoms. The summed E-state index contributed by atoms with van der Waals surface area (Å²) >= 11 is 0. The SMILES string of the molecule is OC1C2CC3CN(CC4CCNCC4)C1C3C2. The van der Waals surface area contributed by atoms with Crippen LogP contribution in [0, 0.1) is 23.7 Å². The van der Waals surface area contributed by atoms with E-state index in [1.165, 1.54) is 51.9 Å². The smallest absolute Gasteiger partial charge is 0.0726 e. The predicted octanol–water partition coefficient (Wildman–Crippen LogP) is 0.687. The van der Waals surface area contributed by atoms with Crippen LogP contribution in [-0.4, -0.2) is 48.3 Å². The topological polar surface area (TPSA) is 35.5 Å². The summed E-state index contributed by atoms with van der Waals surface area (Å²) in [4.78, 5) is 2.66.